The molecule has 112 valence electrons. The number of hydrogen-bond acceptors (Lipinski definition) is 2. The van der Waals surface area contributed by atoms with Crippen molar-refractivity contribution in [2.24, 2.45) is 0 Å². The number of aryl methyl sites for hydroxylation is 1. The highest BCUT2D eigenvalue weighted by molar-refractivity contribution is 5.54. The molecule has 1 aromatic carbocycles. The topological polar surface area (TPSA) is 29.9 Å². The molecule has 1 fully saturated rings. The predicted octanol–water partition coefficient (Wildman–Crippen LogP) is 3.86. The van der Waals surface area contributed by atoms with Crippen LogP contribution in [0.5, 0.6) is 0 Å². The van der Waals surface area contributed by atoms with Gasteiger partial charge in [-0.15, -0.1) is 0 Å². The van der Waals surface area contributed by atoms with Crippen LogP contribution in [0.4, 0.5) is 0 Å². The Bertz CT molecular complexity index is 526. The summed E-state index contributed by atoms with van der Waals surface area (Å²) in [5, 5.41) is 3.71. The second-order valence-corrected chi connectivity index (χ2v) is 5.95. The molecule has 2 aromatic rings. The number of rotatable bonds is 6. The maximum absolute atomic E-state index is 4.50. The Kier molecular flexibility index (Phi) is 5.06. The summed E-state index contributed by atoms with van der Waals surface area (Å²) in [6.45, 7) is 2.14. The Hall–Kier alpha value is -1.61. The zero-order chi connectivity index (χ0) is 14.3. The van der Waals surface area contributed by atoms with Gasteiger partial charge in [-0.3, -0.25) is 0 Å². The van der Waals surface area contributed by atoms with Gasteiger partial charge in [-0.05, 0) is 25.8 Å². The Morgan fingerprint density at radius 2 is 1.90 bits per heavy atom. The molecule has 3 heteroatoms. The highest BCUT2D eigenvalue weighted by Gasteiger charge is 2.12. The first kappa shape index (κ1) is 14.3. The lowest BCUT2D eigenvalue weighted by Gasteiger charge is -2.22. The zero-order valence-corrected chi connectivity index (χ0v) is 12.7. The van der Waals surface area contributed by atoms with E-state index in [9.17, 15) is 0 Å². The summed E-state index contributed by atoms with van der Waals surface area (Å²) < 4.78 is 2.26. The first-order valence-corrected chi connectivity index (χ1v) is 8.23. The molecule has 3 rings (SSSR count). The molecular formula is C18H25N3. The van der Waals surface area contributed by atoms with Crippen LogP contribution in [-0.2, 0) is 6.54 Å². The summed E-state index contributed by atoms with van der Waals surface area (Å²) in [5.74, 6) is 1.08. The molecule has 0 radical (unpaired) electrons. The minimum atomic E-state index is 0.759. The van der Waals surface area contributed by atoms with Crippen LogP contribution in [0, 0.1) is 0 Å². The normalized spacial score (nSPS) is 16.2. The maximum atomic E-state index is 4.50. The van der Waals surface area contributed by atoms with E-state index in [-0.39, 0.29) is 0 Å². The highest BCUT2D eigenvalue weighted by atomic mass is 15.1. The number of nitrogens with zero attached hydrogens (tertiary/aromatic N) is 2. The van der Waals surface area contributed by atoms with E-state index in [0.717, 1.165) is 31.4 Å². The van der Waals surface area contributed by atoms with E-state index in [1.807, 2.05) is 12.3 Å². The van der Waals surface area contributed by atoms with Crippen LogP contribution in [0.25, 0.3) is 11.4 Å². The van der Waals surface area contributed by atoms with E-state index in [0.29, 0.717) is 0 Å². The summed E-state index contributed by atoms with van der Waals surface area (Å²) in [7, 11) is 0. The lowest BCUT2D eigenvalue weighted by molar-refractivity contribution is 0.369. The van der Waals surface area contributed by atoms with Crippen molar-refractivity contribution < 1.29 is 0 Å². The van der Waals surface area contributed by atoms with E-state index >= 15 is 0 Å². The molecule has 0 atom stereocenters. The summed E-state index contributed by atoms with van der Waals surface area (Å²) >= 11 is 0. The van der Waals surface area contributed by atoms with Crippen LogP contribution in [0.3, 0.4) is 0 Å². The Morgan fingerprint density at radius 1 is 1.10 bits per heavy atom. The lowest BCUT2D eigenvalue weighted by atomic mass is 9.95. The molecule has 1 saturated carbocycles. The van der Waals surface area contributed by atoms with Gasteiger partial charge < -0.3 is 9.88 Å². The molecule has 1 aliphatic rings. The Labute approximate surface area is 127 Å². The third-order valence-electron chi connectivity index (χ3n) is 4.36. The van der Waals surface area contributed by atoms with Crippen molar-refractivity contribution in [1.29, 1.82) is 0 Å². The molecule has 21 heavy (non-hydrogen) atoms. The van der Waals surface area contributed by atoms with Crippen LogP contribution in [0.15, 0.2) is 42.7 Å². The highest BCUT2D eigenvalue weighted by Crippen LogP contribution is 2.18. The van der Waals surface area contributed by atoms with Gasteiger partial charge in [-0.25, -0.2) is 4.98 Å². The quantitative estimate of drug-likeness (QED) is 0.816. The molecule has 1 N–H and O–H groups in total. The smallest absolute Gasteiger partial charge is 0.139 e. The number of hydrogen-bond donors (Lipinski definition) is 1. The van der Waals surface area contributed by atoms with E-state index in [2.05, 4.69) is 45.3 Å². The van der Waals surface area contributed by atoms with Crippen molar-refractivity contribution in [3.05, 3.63) is 42.7 Å². The summed E-state index contributed by atoms with van der Waals surface area (Å²) in [4.78, 5) is 4.50. The van der Waals surface area contributed by atoms with E-state index in [4.69, 9.17) is 0 Å². The van der Waals surface area contributed by atoms with Gasteiger partial charge in [0.2, 0.25) is 0 Å². The SMILES string of the molecule is c1ccc(-c2nccn2CCCNC2CCCCC2)cc1. The summed E-state index contributed by atoms with van der Waals surface area (Å²) in [5.41, 5.74) is 1.20. The second kappa shape index (κ2) is 7.41. The molecule has 0 saturated heterocycles. The summed E-state index contributed by atoms with van der Waals surface area (Å²) in [6.07, 6.45) is 12.1. The number of nitrogens with one attached hydrogen (secondary N) is 1. The molecule has 1 aromatic heterocycles. The van der Waals surface area contributed by atoms with Crippen LogP contribution in [-0.4, -0.2) is 22.1 Å². The molecule has 3 nitrogen and oxygen atoms in total. The summed E-state index contributed by atoms with van der Waals surface area (Å²) in [6, 6.07) is 11.2. The van der Waals surface area contributed by atoms with Crippen molar-refractivity contribution in [3.8, 4) is 11.4 Å². The predicted molar refractivity (Wildman–Crippen MR) is 87.2 cm³/mol. The Morgan fingerprint density at radius 3 is 2.71 bits per heavy atom. The average molecular weight is 283 g/mol. The van der Waals surface area contributed by atoms with Crippen molar-refractivity contribution in [2.45, 2.75) is 51.1 Å². The standard InChI is InChI=1S/C18H25N3/c1-3-8-16(9-4-1)18-20-13-15-21(18)14-7-12-19-17-10-5-2-6-11-17/h1,3-4,8-9,13,15,17,19H,2,5-7,10-12,14H2. The molecule has 0 spiro atoms. The third kappa shape index (κ3) is 3.94. The van der Waals surface area contributed by atoms with Gasteiger partial charge in [0, 0.05) is 30.5 Å². The zero-order valence-electron chi connectivity index (χ0n) is 12.7. The molecule has 0 unspecified atom stereocenters. The molecule has 0 aliphatic heterocycles. The van der Waals surface area contributed by atoms with E-state index < -0.39 is 0 Å². The molecule has 0 bridgehead atoms. The lowest BCUT2D eigenvalue weighted by Crippen LogP contribution is -2.32. The molecule has 0 amide bonds. The largest absolute Gasteiger partial charge is 0.331 e. The Balaban J connectivity index is 1.49. The van der Waals surface area contributed by atoms with Crippen LogP contribution < -0.4 is 5.32 Å². The minimum Gasteiger partial charge on any atom is -0.331 e. The van der Waals surface area contributed by atoms with Gasteiger partial charge in [0.25, 0.3) is 0 Å². The van der Waals surface area contributed by atoms with Gasteiger partial charge >= 0.3 is 0 Å². The first-order valence-electron chi connectivity index (χ1n) is 8.23. The monoisotopic (exact) mass is 283 g/mol. The van der Waals surface area contributed by atoms with Crippen molar-refractivity contribution in [3.63, 3.8) is 0 Å². The number of benzene rings is 1. The number of imidazole rings is 1. The van der Waals surface area contributed by atoms with Gasteiger partial charge in [0.05, 0.1) is 0 Å². The second-order valence-electron chi connectivity index (χ2n) is 5.95. The van der Waals surface area contributed by atoms with Crippen molar-refractivity contribution in [1.82, 2.24) is 14.9 Å². The molecule has 1 heterocycles. The fourth-order valence-electron chi connectivity index (χ4n) is 3.20. The van der Waals surface area contributed by atoms with Gasteiger partial charge in [0.1, 0.15) is 5.82 Å². The van der Waals surface area contributed by atoms with E-state index in [1.54, 1.807) is 0 Å². The average Bonchev–Trinajstić information content (AvgIpc) is 3.02. The third-order valence-corrected chi connectivity index (χ3v) is 4.36. The fourth-order valence-corrected chi connectivity index (χ4v) is 3.20. The van der Waals surface area contributed by atoms with Gasteiger partial charge in [-0.1, -0.05) is 49.6 Å². The van der Waals surface area contributed by atoms with Gasteiger partial charge in [0.15, 0.2) is 0 Å². The first-order chi connectivity index (χ1) is 10.4. The van der Waals surface area contributed by atoms with E-state index in [1.165, 1.54) is 37.7 Å². The van der Waals surface area contributed by atoms with Crippen LogP contribution in [0.1, 0.15) is 38.5 Å². The van der Waals surface area contributed by atoms with Gasteiger partial charge in [-0.2, -0.15) is 0 Å². The maximum Gasteiger partial charge on any atom is 0.139 e. The molecular weight excluding hydrogens is 258 g/mol. The minimum absolute atomic E-state index is 0.759. The van der Waals surface area contributed by atoms with Crippen LogP contribution >= 0.6 is 0 Å². The van der Waals surface area contributed by atoms with Crippen LogP contribution in [0.2, 0.25) is 0 Å². The number of aromatic nitrogens is 2. The molecule has 1 aliphatic carbocycles. The fraction of sp³-hybridized carbons (Fsp3) is 0.500. The van der Waals surface area contributed by atoms with Crippen molar-refractivity contribution >= 4 is 0 Å². The van der Waals surface area contributed by atoms with Crippen molar-refractivity contribution in [2.75, 3.05) is 6.54 Å².